The first-order chi connectivity index (χ1) is 9.11. The molecule has 1 saturated heterocycles. The number of carbonyl (C=O) groups is 1. The molecule has 3 nitrogen and oxygen atoms in total. The first-order valence-electron chi connectivity index (χ1n) is 6.45. The Balaban J connectivity index is 2.02. The van der Waals surface area contributed by atoms with Crippen LogP contribution in [0, 0.1) is 5.41 Å². The van der Waals surface area contributed by atoms with E-state index in [0.29, 0.717) is 13.0 Å². The number of hydrogen-bond donors (Lipinski definition) is 1. The van der Waals surface area contributed by atoms with E-state index >= 15 is 0 Å². The third-order valence-electron chi connectivity index (χ3n) is 4.01. The molecule has 3 heteroatoms. The van der Waals surface area contributed by atoms with Crippen LogP contribution in [0.25, 0.3) is 10.8 Å². The number of ether oxygens (including phenoxy) is 1. The minimum atomic E-state index is -0.831. The Hall–Kier alpha value is -1.87. The Morgan fingerprint density at radius 2 is 1.95 bits per heavy atom. The predicted octanol–water partition coefficient (Wildman–Crippen LogP) is 2.83. The largest absolute Gasteiger partial charge is 0.465 e. The lowest BCUT2D eigenvalue weighted by Crippen LogP contribution is -2.30. The summed E-state index contributed by atoms with van der Waals surface area (Å²) in [5, 5.41) is 12.7. The minimum absolute atomic E-state index is 0.312. The van der Waals surface area contributed by atoms with E-state index in [1.54, 1.807) is 6.92 Å². The van der Waals surface area contributed by atoms with Crippen LogP contribution in [0.5, 0.6) is 0 Å². The van der Waals surface area contributed by atoms with Crippen LogP contribution < -0.4 is 0 Å². The maximum Gasteiger partial charge on any atom is 0.314 e. The van der Waals surface area contributed by atoms with E-state index in [4.69, 9.17) is 4.74 Å². The van der Waals surface area contributed by atoms with Gasteiger partial charge in [-0.1, -0.05) is 36.4 Å². The van der Waals surface area contributed by atoms with Crippen LogP contribution >= 0.6 is 0 Å². The van der Waals surface area contributed by atoms with Crippen LogP contribution in [0.1, 0.15) is 25.0 Å². The van der Waals surface area contributed by atoms with Crippen LogP contribution in [-0.4, -0.2) is 17.7 Å². The Kier molecular flexibility index (Phi) is 2.79. The van der Waals surface area contributed by atoms with Crippen LogP contribution in [0.3, 0.4) is 0 Å². The van der Waals surface area contributed by atoms with Crippen molar-refractivity contribution >= 4 is 16.7 Å². The van der Waals surface area contributed by atoms with Crippen molar-refractivity contribution in [3.8, 4) is 0 Å². The Morgan fingerprint density at radius 3 is 2.63 bits per heavy atom. The molecule has 1 heterocycles. The number of esters is 1. The zero-order valence-corrected chi connectivity index (χ0v) is 10.8. The molecule has 2 atom stereocenters. The second kappa shape index (κ2) is 4.35. The van der Waals surface area contributed by atoms with E-state index in [1.165, 1.54) is 0 Å². The molecule has 98 valence electrons. The number of fused-ring (bicyclic) bond motifs is 1. The fourth-order valence-electron chi connectivity index (χ4n) is 2.62. The molecule has 3 rings (SSSR count). The summed E-state index contributed by atoms with van der Waals surface area (Å²) in [4.78, 5) is 11.8. The van der Waals surface area contributed by atoms with E-state index in [-0.39, 0.29) is 5.97 Å². The van der Waals surface area contributed by atoms with Gasteiger partial charge in [-0.2, -0.15) is 0 Å². The van der Waals surface area contributed by atoms with Crippen molar-refractivity contribution in [3.05, 3.63) is 48.0 Å². The fraction of sp³-hybridized carbons (Fsp3) is 0.312. The number of hydrogen-bond acceptors (Lipinski definition) is 3. The van der Waals surface area contributed by atoms with Gasteiger partial charge in [0.25, 0.3) is 0 Å². The summed E-state index contributed by atoms with van der Waals surface area (Å²) in [5.74, 6) is -0.312. The summed E-state index contributed by atoms with van der Waals surface area (Å²) in [6.07, 6.45) is -0.271. The molecule has 0 saturated carbocycles. The molecule has 0 aromatic heterocycles. The van der Waals surface area contributed by atoms with Crippen molar-refractivity contribution in [2.45, 2.75) is 19.4 Å². The monoisotopic (exact) mass is 256 g/mol. The van der Waals surface area contributed by atoms with Gasteiger partial charge in [-0.3, -0.25) is 4.79 Å². The maximum absolute atomic E-state index is 11.8. The number of aliphatic hydroxyl groups excluding tert-OH is 1. The van der Waals surface area contributed by atoms with Gasteiger partial charge in [0, 0.05) is 6.42 Å². The summed E-state index contributed by atoms with van der Waals surface area (Å²) in [7, 11) is 0. The highest BCUT2D eigenvalue weighted by molar-refractivity contribution is 5.84. The lowest BCUT2D eigenvalue weighted by atomic mass is 9.79. The molecule has 0 bridgehead atoms. The number of carbonyl (C=O) groups excluding carboxylic acids is 1. The number of aliphatic hydroxyl groups is 1. The van der Waals surface area contributed by atoms with E-state index < -0.39 is 11.5 Å². The molecule has 2 aromatic carbocycles. The molecular formula is C16H16O3. The summed E-state index contributed by atoms with van der Waals surface area (Å²) >= 11 is 0. The molecule has 1 fully saturated rings. The molecule has 0 unspecified atom stereocenters. The third-order valence-corrected chi connectivity index (χ3v) is 4.01. The Labute approximate surface area is 111 Å². The highest BCUT2D eigenvalue weighted by atomic mass is 16.5. The lowest BCUT2D eigenvalue weighted by molar-refractivity contribution is -0.150. The normalized spacial score (nSPS) is 24.4. The summed E-state index contributed by atoms with van der Waals surface area (Å²) in [6, 6.07) is 13.8. The van der Waals surface area contributed by atoms with Gasteiger partial charge in [-0.25, -0.2) is 0 Å². The van der Waals surface area contributed by atoms with Gasteiger partial charge in [-0.05, 0) is 29.3 Å². The highest BCUT2D eigenvalue weighted by Crippen LogP contribution is 2.42. The molecule has 0 spiro atoms. The van der Waals surface area contributed by atoms with Crippen molar-refractivity contribution in [2.75, 3.05) is 6.61 Å². The molecule has 1 N–H and O–H groups in total. The van der Waals surface area contributed by atoms with Crippen LogP contribution in [-0.2, 0) is 9.53 Å². The third kappa shape index (κ3) is 1.90. The first-order valence-corrected chi connectivity index (χ1v) is 6.45. The molecule has 0 aliphatic carbocycles. The van der Waals surface area contributed by atoms with E-state index in [0.717, 1.165) is 16.3 Å². The van der Waals surface area contributed by atoms with Gasteiger partial charge < -0.3 is 9.84 Å². The topological polar surface area (TPSA) is 46.5 Å². The second-order valence-corrected chi connectivity index (χ2v) is 5.31. The van der Waals surface area contributed by atoms with Crippen molar-refractivity contribution in [2.24, 2.45) is 5.41 Å². The molecule has 19 heavy (non-hydrogen) atoms. The van der Waals surface area contributed by atoms with E-state index in [9.17, 15) is 9.90 Å². The van der Waals surface area contributed by atoms with Crippen LogP contribution in [0.15, 0.2) is 42.5 Å². The molecule has 1 aliphatic rings. The maximum atomic E-state index is 11.8. The molecule has 0 amide bonds. The second-order valence-electron chi connectivity index (χ2n) is 5.31. The van der Waals surface area contributed by atoms with Crippen LogP contribution in [0.2, 0.25) is 0 Å². The minimum Gasteiger partial charge on any atom is -0.465 e. The predicted molar refractivity (Wildman–Crippen MR) is 72.6 cm³/mol. The molecule has 0 radical (unpaired) electrons. The summed E-state index contributed by atoms with van der Waals surface area (Å²) in [5.41, 5.74) is -0.0670. The van der Waals surface area contributed by atoms with Gasteiger partial charge in [0.1, 0.15) is 0 Å². The number of cyclic esters (lactones) is 1. The van der Waals surface area contributed by atoms with Crippen LogP contribution in [0.4, 0.5) is 0 Å². The van der Waals surface area contributed by atoms with E-state index in [2.05, 4.69) is 0 Å². The van der Waals surface area contributed by atoms with Crippen molar-refractivity contribution in [1.82, 2.24) is 0 Å². The van der Waals surface area contributed by atoms with E-state index in [1.807, 2.05) is 42.5 Å². The highest BCUT2D eigenvalue weighted by Gasteiger charge is 2.46. The lowest BCUT2D eigenvalue weighted by Gasteiger charge is -2.26. The Morgan fingerprint density at radius 1 is 1.21 bits per heavy atom. The SMILES string of the molecule is C[C@]1([C@H](O)c2ccc3ccccc3c2)CCOC1=O. The number of rotatable bonds is 2. The smallest absolute Gasteiger partial charge is 0.314 e. The van der Waals surface area contributed by atoms with Gasteiger partial charge >= 0.3 is 5.97 Å². The average molecular weight is 256 g/mol. The average Bonchev–Trinajstić information content (AvgIpc) is 2.78. The van der Waals surface area contributed by atoms with Gasteiger partial charge in [0.15, 0.2) is 0 Å². The summed E-state index contributed by atoms with van der Waals surface area (Å²) < 4.78 is 5.00. The first kappa shape index (κ1) is 12.2. The fourth-order valence-corrected chi connectivity index (χ4v) is 2.62. The molecule has 2 aromatic rings. The Bertz CT molecular complexity index is 635. The zero-order chi connectivity index (χ0) is 13.5. The molecule has 1 aliphatic heterocycles. The van der Waals surface area contributed by atoms with Crippen molar-refractivity contribution in [3.63, 3.8) is 0 Å². The summed E-state index contributed by atoms with van der Waals surface area (Å²) in [6.45, 7) is 2.15. The number of benzene rings is 2. The van der Waals surface area contributed by atoms with Gasteiger partial charge in [0.2, 0.25) is 0 Å². The quantitative estimate of drug-likeness (QED) is 0.840. The van der Waals surface area contributed by atoms with Gasteiger partial charge in [-0.15, -0.1) is 0 Å². The zero-order valence-electron chi connectivity index (χ0n) is 10.8. The standard InChI is InChI=1S/C16H16O3/c1-16(8-9-19-15(16)18)14(17)13-7-6-11-4-2-3-5-12(11)10-13/h2-7,10,14,17H,8-9H2,1H3/t14-,16-/m1/s1. The van der Waals surface area contributed by atoms with Gasteiger partial charge in [0.05, 0.1) is 18.1 Å². The van der Waals surface area contributed by atoms with Crippen molar-refractivity contribution < 1.29 is 14.6 Å². The molecular weight excluding hydrogens is 240 g/mol. The van der Waals surface area contributed by atoms with Crippen molar-refractivity contribution in [1.29, 1.82) is 0 Å².